The number of rotatable bonds is 4. The molecule has 1 saturated heterocycles. The van der Waals surface area contributed by atoms with Crippen LogP contribution in [-0.2, 0) is 4.79 Å². The number of carbonyl (C=O) groups excluding carboxylic acids is 1. The molecule has 21 heavy (non-hydrogen) atoms. The predicted octanol–water partition coefficient (Wildman–Crippen LogP) is 3.61. The molecule has 0 aliphatic carbocycles. The zero-order valence-corrected chi connectivity index (χ0v) is 13.8. The molecule has 1 aliphatic rings. The first-order valence-electron chi connectivity index (χ1n) is 8.03. The maximum absolute atomic E-state index is 12.1. The fourth-order valence-corrected chi connectivity index (χ4v) is 3.50. The molecule has 2 unspecified atom stereocenters. The number of hydrogen-bond donors (Lipinski definition) is 1. The lowest BCUT2D eigenvalue weighted by molar-refractivity contribution is -0.116. The van der Waals surface area contributed by atoms with E-state index in [-0.39, 0.29) is 5.91 Å². The van der Waals surface area contributed by atoms with Crippen LogP contribution < -0.4 is 5.32 Å². The molecule has 116 valence electrons. The maximum atomic E-state index is 12.1. The van der Waals surface area contributed by atoms with Gasteiger partial charge in [-0.05, 0) is 55.4 Å². The second-order valence-electron chi connectivity index (χ2n) is 6.88. The lowest BCUT2D eigenvalue weighted by Gasteiger charge is -2.34. The number of hydrogen-bond acceptors (Lipinski definition) is 2. The lowest BCUT2D eigenvalue weighted by Crippen LogP contribution is -2.40. The molecule has 1 heterocycles. The van der Waals surface area contributed by atoms with E-state index in [1.807, 2.05) is 12.1 Å². The first-order chi connectivity index (χ1) is 9.92. The average molecular weight is 288 g/mol. The molecule has 0 aromatic heterocycles. The Labute approximate surface area is 128 Å². The fraction of sp³-hybridized carbons (Fsp3) is 0.611. The third-order valence-electron chi connectivity index (χ3n) is 4.11. The molecular weight excluding hydrogens is 260 g/mol. The highest BCUT2D eigenvalue weighted by Gasteiger charge is 2.21. The monoisotopic (exact) mass is 288 g/mol. The van der Waals surface area contributed by atoms with Crippen LogP contribution in [-0.4, -0.2) is 30.4 Å². The molecule has 1 aromatic carbocycles. The van der Waals surface area contributed by atoms with E-state index in [4.69, 9.17) is 0 Å². The fourth-order valence-electron chi connectivity index (χ4n) is 3.50. The molecule has 0 spiro atoms. The molecule has 3 nitrogen and oxygen atoms in total. The summed E-state index contributed by atoms with van der Waals surface area (Å²) in [4.78, 5) is 14.5. The highest BCUT2D eigenvalue weighted by atomic mass is 16.1. The first-order valence-corrected chi connectivity index (χ1v) is 8.03. The summed E-state index contributed by atoms with van der Waals surface area (Å²) >= 11 is 0. The molecule has 2 atom stereocenters. The number of nitrogens with one attached hydrogen (secondary N) is 1. The van der Waals surface area contributed by atoms with Gasteiger partial charge in [0.15, 0.2) is 0 Å². The van der Waals surface area contributed by atoms with Gasteiger partial charge in [0.05, 0.1) is 0 Å². The van der Waals surface area contributed by atoms with Gasteiger partial charge in [0, 0.05) is 31.7 Å². The Bertz CT molecular complexity index is 468. The Morgan fingerprint density at radius 1 is 1.14 bits per heavy atom. The summed E-state index contributed by atoms with van der Waals surface area (Å²) in [5, 5.41) is 3.02. The van der Waals surface area contributed by atoms with E-state index in [0.717, 1.165) is 37.2 Å². The minimum absolute atomic E-state index is 0.117. The third kappa shape index (κ3) is 5.16. The highest BCUT2D eigenvalue weighted by Crippen LogP contribution is 2.21. The summed E-state index contributed by atoms with van der Waals surface area (Å²) in [5.74, 6) is 1.61. The van der Waals surface area contributed by atoms with E-state index in [2.05, 4.69) is 44.0 Å². The number of piperidine rings is 1. The Morgan fingerprint density at radius 2 is 1.71 bits per heavy atom. The van der Waals surface area contributed by atoms with Crippen molar-refractivity contribution in [3.63, 3.8) is 0 Å². The standard InChI is InChI=1S/C18H28N2O/c1-13-7-14(2)10-17(9-13)19-18(21)5-6-20-11-15(3)8-16(4)12-20/h7,9-10,15-16H,5-6,8,11-12H2,1-4H3,(H,19,21). The molecule has 1 amide bonds. The van der Waals surface area contributed by atoms with Crippen LogP contribution in [0.25, 0.3) is 0 Å². The second-order valence-corrected chi connectivity index (χ2v) is 6.88. The zero-order valence-electron chi connectivity index (χ0n) is 13.8. The van der Waals surface area contributed by atoms with Crippen LogP contribution in [0.1, 0.15) is 37.8 Å². The van der Waals surface area contributed by atoms with E-state index < -0.39 is 0 Å². The van der Waals surface area contributed by atoms with Crippen molar-refractivity contribution in [1.82, 2.24) is 4.90 Å². The highest BCUT2D eigenvalue weighted by molar-refractivity contribution is 5.91. The number of likely N-dealkylation sites (tertiary alicyclic amines) is 1. The zero-order chi connectivity index (χ0) is 15.4. The first kappa shape index (κ1) is 16.0. The van der Waals surface area contributed by atoms with Gasteiger partial charge >= 0.3 is 0 Å². The molecule has 2 rings (SSSR count). The van der Waals surface area contributed by atoms with Crippen molar-refractivity contribution < 1.29 is 4.79 Å². The molecule has 1 aliphatic heterocycles. The topological polar surface area (TPSA) is 32.3 Å². The van der Waals surface area contributed by atoms with Crippen LogP contribution in [0.15, 0.2) is 18.2 Å². The molecular formula is C18H28N2O. The Kier molecular flexibility index (Phi) is 5.40. The lowest BCUT2D eigenvalue weighted by atomic mass is 9.92. The normalized spacial score (nSPS) is 23.0. The predicted molar refractivity (Wildman–Crippen MR) is 88.5 cm³/mol. The quantitative estimate of drug-likeness (QED) is 0.918. The number of amides is 1. The Morgan fingerprint density at radius 3 is 2.29 bits per heavy atom. The third-order valence-corrected chi connectivity index (χ3v) is 4.11. The van der Waals surface area contributed by atoms with Crippen molar-refractivity contribution in [3.05, 3.63) is 29.3 Å². The average Bonchev–Trinajstić information content (AvgIpc) is 2.34. The molecule has 0 radical (unpaired) electrons. The molecule has 1 fully saturated rings. The van der Waals surface area contributed by atoms with Crippen molar-refractivity contribution in [1.29, 1.82) is 0 Å². The van der Waals surface area contributed by atoms with E-state index in [0.29, 0.717) is 6.42 Å². The minimum atomic E-state index is 0.117. The van der Waals surface area contributed by atoms with Gasteiger partial charge in [0.2, 0.25) is 5.91 Å². The summed E-state index contributed by atoms with van der Waals surface area (Å²) in [6.45, 7) is 11.8. The van der Waals surface area contributed by atoms with Crippen molar-refractivity contribution in [2.75, 3.05) is 25.0 Å². The van der Waals surface area contributed by atoms with Crippen molar-refractivity contribution in [2.45, 2.75) is 40.5 Å². The number of carbonyl (C=O) groups is 1. The van der Waals surface area contributed by atoms with Gasteiger partial charge in [-0.15, -0.1) is 0 Å². The summed E-state index contributed by atoms with van der Waals surface area (Å²) in [7, 11) is 0. The molecule has 3 heteroatoms. The smallest absolute Gasteiger partial charge is 0.225 e. The van der Waals surface area contributed by atoms with Gasteiger partial charge in [-0.2, -0.15) is 0 Å². The number of nitrogens with zero attached hydrogens (tertiary/aromatic N) is 1. The molecule has 1 N–H and O–H groups in total. The summed E-state index contributed by atoms with van der Waals surface area (Å²) in [5.41, 5.74) is 3.28. The van der Waals surface area contributed by atoms with Crippen LogP contribution in [0.2, 0.25) is 0 Å². The largest absolute Gasteiger partial charge is 0.326 e. The van der Waals surface area contributed by atoms with Crippen molar-refractivity contribution >= 4 is 11.6 Å². The van der Waals surface area contributed by atoms with E-state index in [1.165, 1.54) is 17.5 Å². The van der Waals surface area contributed by atoms with Crippen molar-refractivity contribution in [3.8, 4) is 0 Å². The van der Waals surface area contributed by atoms with E-state index in [9.17, 15) is 4.79 Å². The van der Waals surface area contributed by atoms with Gasteiger partial charge in [-0.25, -0.2) is 0 Å². The SMILES string of the molecule is Cc1cc(C)cc(NC(=O)CCN2CC(C)CC(C)C2)c1. The van der Waals surface area contributed by atoms with Crippen molar-refractivity contribution in [2.24, 2.45) is 11.8 Å². The van der Waals surface area contributed by atoms with Crippen LogP contribution in [0.5, 0.6) is 0 Å². The Hall–Kier alpha value is -1.35. The van der Waals surface area contributed by atoms with Gasteiger partial charge < -0.3 is 10.2 Å². The minimum Gasteiger partial charge on any atom is -0.326 e. The van der Waals surface area contributed by atoms with Gasteiger partial charge in [-0.1, -0.05) is 19.9 Å². The van der Waals surface area contributed by atoms with E-state index in [1.54, 1.807) is 0 Å². The van der Waals surface area contributed by atoms with Crippen LogP contribution >= 0.6 is 0 Å². The van der Waals surface area contributed by atoms with Gasteiger partial charge in [0.1, 0.15) is 0 Å². The van der Waals surface area contributed by atoms with Crippen LogP contribution in [0.3, 0.4) is 0 Å². The van der Waals surface area contributed by atoms with E-state index >= 15 is 0 Å². The number of aryl methyl sites for hydroxylation is 2. The Balaban J connectivity index is 1.82. The molecule has 0 bridgehead atoms. The second kappa shape index (κ2) is 7.08. The van der Waals surface area contributed by atoms with Gasteiger partial charge in [0.25, 0.3) is 0 Å². The van der Waals surface area contributed by atoms with Gasteiger partial charge in [-0.3, -0.25) is 4.79 Å². The summed E-state index contributed by atoms with van der Waals surface area (Å²) in [6, 6.07) is 6.16. The summed E-state index contributed by atoms with van der Waals surface area (Å²) in [6.07, 6.45) is 1.89. The number of benzene rings is 1. The molecule has 1 aromatic rings. The summed E-state index contributed by atoms with van der Waals surface area (Å²) < 4.78 is 0. The van der Waals surface area contributed by atoms with Crippen LogP contribution in [0, 0.1) is 25.7 Å². The van der Waals surface area contributed by atoms with Crippen LogP contribution in [0.4, 0.5) is 5.69 Å². The number of anilines is 1. The molecule has 0 saturated carbocycles. The maximum Gasteiger partial charge on any atom is 0.225 e.